The van der Waals surface area contributed by atoms with E-state index in [1.165, 1.54) is 0 Å². The fourth-order valence-corrected chi connectivity index (χ4v) is 3.05. The smallest absolute Gasteiger partial charge is 0.255 e. The molecule has 21 heavy (non-hydrogen) atoms. The predicted molar refractivity (Wildman–Crippen MR) is 87.8 cm³/mol. The molecule has 1 saturated heterocycles. The van der Waals surface area contributed by atoms with E-state index in [9.17, 15) is 9.90 Å². The van der Waals surface area contributed by atoms with Crippen LogP contribution in [0.4, 0.5) is 0 Å². The summed E-state index contributed by atoms with van der Waals surface area (Å²) in [5, 5.41) is 10.3. The Balaban J connectivity index is 1.99. The number of piperazine rings is 1. The molecule has 0 aromatic heterocycles. The van der Waals surface area contributed by atoms with E-state index in [0.717, 1.165) is 17.6 Å². The number of halogens is 2. The first-order valence-corrected chi connectivity index (χ1v) is 8.12. The Kier molecular flexibility index (Phi) is 5.30. The molecule has 0 radical (unpaired) electrons. The van der Waals surface area contributed by atoms with Gasteiger partial charge in [-0.3, -0.25) is 9.69 Å². The summed E-state index contributed by atoms with van der Waals surface area (Å²) < 4.78 is 0.843. The third kappa shape index (κ3) is 4.68. The fraction of sp³-hybridized carbons (Fsp3) is 0.533. The fourth-order valence-electron chi connectivity index (χ4n) is 2.49. The molecule has 0 spiro atoms. The maximum absolute atomic E-state index is 12.5. The molecule has 1 N–H and O–H groups in total. The lowest BCUT2D eigenvalue weighted by Crippen LogP contribution is -2.52. The van der Waals surface area contributed by atoms with Crippen LogP contribution in [0.2, 0.25) is 5.02 Å². The molecule has 1 heterocycles. The number of β-amino-alcohol motifs (C(OH)–C–C–N with tert-alkyl or cyclic N) is 1. The maximum Gasteiger partial charge on any atom is 0.255 e. The van der Waals surface area contributed by atoms with Crippen molar-refractivity contribution >= 4 is 33.4 Å². The van der Waals surface area contributed by atoms with Gasteiger partial charge in [0.05, 0.1) is 16.2 Å². The van der Waals surface area contributed by atoms with Gasteiger partial charge in [-0.25, -0.2) is 0 Å². The highest BCUT2D eigenvalue weighted by Crippen LogP contribution is 2.23. The van der Waals surface area contributed by atoms with E-state index in [0.29, 0.717) is 30.2 Å². The molecule has 4 nitrogen and oxygen atoms in total. The highest BCUT2D eigenvalue weighted by molar-refractivity contribution is 9.10. The Bertz CT molecular complexity index is 523. The van der Waals surface area contributed by atoms with Crippen LogP contribution in [-0.2, 0) is 0 Å². The van der Waals surface area contributed by atoms with Crippen LogP contribution in [0.1, 0.15) is 24.2 Å². The molecule has 0 bridgehead atoms. The van der Waals surface area contributed by atoms with Crippen molar-refractivity contribution in [1.82, 2.24) is 9.80 Å². The zero-order chi connectivity index (χ0) is 15.6. The zero-order valence-electron chi connectivity index (χ0n) is 12.3. The van der Waals surface area contributed by atoms with Gasteiger partial charge in [-0.15, -0.1) is 0 Å². The second-order valence-corrected chi connectivity index (χ2v) is 7.33. The van der Waals surface area contributed by atoms with Gasteiger partial charge >= 0.3 is 0 Å². The lowest BCUT2D eigenvalue weighted by atomic mass is 10.1. The summed E-state index contributed by atoms with van der Waals surface area (Å²) in [5.74, 6) is -0.0378. The normalized spacial score (nSPS) is 17.1. The number of benzene rings is 1. The Morgan fingerprint density at radius 2 is 1.95 bits per heavy atom. The molecule has 0 aliphatic carbocycles. The first kappa shape index (κ1) is 16.7. The Labute approximate surface area is 138 Å². The van der Waals surface area contributed by atoms with E-state index in [-0.39, 0.29) is 5.91 Å². The van der Waals surface area contributed by atoms with Gasteiger partial charge in [0.25, 0.3) is 5.91 Å². The highest BCUT2D eigenvalue weighted by Gasteiger charge is 2.26. The predicted octanol–water partition coefficient (Wildman–Crippen LogP) is 2.63. The quantitative estimate of drug-likeness (QED) is 0.883. The van der Waals surface area contributed by atoms with Crippen molar-refractivity contribution in [1.29, 1.82) is 0 Å². The monoisotopic (exact) mass is 374 g/mol. The standard InChI is InChI=1S/C15H20BrClN2O2/c1-15(2,21)10-18-5-7-19(8-6-18)14(20)12-9-11(16)3-4-13(12)17/h3-4,9,21H,5-8,10H2,1-2H3. The van der Waals surface area contributed by atoms with Crippen LogP contribution in [0.15, 0.2) is 22.7 Å². The van der Waals surface area contributed by atoms with Gasteiger partial charge in [-0.05, 0) is 32.0 Å². The van der Waals surface area contributed by atoms with Gasteiger partial charge in [0.2, 0.25) is 0 Å². The molecule has 1 aromatic carbocycles. The van der Waals surface area contributed by atoms with Crippen molar-refractivity contribution < 1.29 is 9.90 Å². The van der Waals surface area contributed by atoms with Crippen molar-refractivity contribution in [3.8, 4) is 0 Å². The molecule has 1 aliphatic rings. The van der Waals surface area contributed by atoms with Crippen LogP contribution in [0.5, 0.6) is 0 Å². The minimum Gasteiger partial charge on any atom is -0.389 e. The lowest BCUT2D eigenvalue weighted by Gasteiger charge is -2.37. The summed E-state index contributed by atoms with van der Waals surface area (Å²) in [7, 11) is 0. The number of nitrogens with zero attached hydrogens (tertiary/aromatic N) is 2. The first-order valence-electron chi connectivity index (χ1n) is 6.95. The van der Waals surface area contributed by atoms with Crippen LogP contribution in [0, 0.1) is 0 Å². The third-order valence-corrected chi connectivity index (χ3v) is 4.25. The molecule has 116 valence electrons. The van der Waals surface area contributed by atoms with Crippen LogP contribution in [0.3, 0.4) is 0 Å². The summed E-state index contributed by atoms with van der Waals surface area (Å²) >= 11 is 9.48. The second-order valence-electron chi connectivity index (χ2n) is 6.00. The van der Waals surface area contributed by atoms with Crippen molar-refractivity contribution in [2.24, 2.45) is 0 Å². The molecule has 1 aromatic rings. The lowest BCUT2D eigenvalue weighted by molar-refractivity contribution is 0.0178. The van der Waals surface area contributed by atoms with E-state index in [2.05, 4.69) is 20.8 Å². The Morgan fingerprint density at radius 1 is 1.33 bits per heavy atom. The highest BCUT2D eigenvalue weighted by atomic mass is 79.9. The van der Waals surface area contributed by atoms with Gasteiger partial charge in [-0.2, -0.15) is 0 Å². The number of carbonyl (C=O) groups excluding carboxylic acids is 1. The van der Waals surface area contributed by atoms with Crippen molar-refractivity contribution in [3.63, 3.8) is 0 Å². The van der Waals surface area contributed by atoms with E-state index >= 15 is 0 Å². The number of hydrogen-bond acceptors (Lipinski definition) is 3. The van der Waals surface area contributed by atoms with Crippen LogP contribution >= 0.6 is 27.5 Å². The average molecular weight is 376 g/mol. The molecular formula is C15H20BrClN2O2. The van der Waals surface area contributed by atoms with Crippen LogP contribution in [0.25, 0.3) is 0 Å². The summed E-state index contributed by atoms with van der Waals surface area (Å²) in [6, 6.07) is 5.30. The van der Waals surface area contributed by atoms with Crippen molar-refractivity contribution in [3.05, 3.63) is 33.3 Å². The molecule has 0 saturated carbocycles. The number of aliphatic hydroxyl groups is 1. The minimum atomic E-state index is -0.709. The second kappa shape index (κ2) is 6.65. The van der Waals surface area contributed by atoms with E-state index in [4.69, 9.17) is 11.6 Å². The number of amides is 1. The van der Waals surface area contributed by atoms with E-state index < -0.39 is 5.60 Å². The maximum atomic E-state index is 12.5. The van der Waals surface area contributed by atoms with Gasteiger partial charge in [-0.1, -0.05) is 27.5 Å². The SMILES string of the molecule is CC(C)(O)CN1CCN(C(=O)c2cc(Br)ccc2Cl)CC1. The first-order chi connectivity index (χ1) is 9.76. The Hall–Kier alpha value is -0.620. The zero-order valence-corrected chi connectivity index (χ0v) is 14.6. The molecular weight excluding hydrogens is 356 g/mol. The molecule has 2 rings (SSSR count). The summed E-state index contributed by atoms with van der Waals surface area (Å²) in [6.07, 6.45) is 0. The molecule has 1 aliphatic heterocycles. The summed E-state index contributed by atoms with van der Waals surface area (Å²) in [6.45, 7) is 7.04. The third-order valence-electron chi connectivity index (χ3n) is 3.43. The molecule has 1 amide bonds. The number of hydrogen-bond donors (Lipinski definition) is 1. The van der Waals surface area contributed by atoms with Gasteiger partial charge in [0, 0.05) is 37.2 Å². The topological polar surface area (TPSA) is 43.8 Å². The van der Waals surface area contributed by atoms with Crippen LogP contribution < -0.4 is 0 Å². The van der Waals surface area contributed by atoms with Gasteiger partial charge in [0.1, 0.15) is 0 Å². The van der Waals surface area contributed by atoms with Crippen LogP contribution in [-0.4, -0.2) is 59.1 Å². The molecule has 1 fully saturated rings. The number of carbonyl (C=O) groups is 1. The van der Waals surface area contributed by atoms with E-state index in [1.54, 1.807) is 26.0 Å². The molecule has 0 atom stereocenters. The Morgan fingerprint density at radius 3 is 2.52 bits per heavy atom. The summed E-state index contributed by atoms with van der Waals surface area (Å²) in [5.41, 5.74) is -0.179. The van der Waals surface area contributed by atoms with Crippen molar-refractivity contribution in [2.45, 2.75) is 19.4 Å². The molecule has 0 unspecified atom stereocenters. The number of rotatable bonds is 3. The average Bonchev–Trinajstić information content (AvgIpc) is 2.40. The van der Waals surface area contributed by atoms with E-state index in [1.807, 2.05) is 11.0 Å². The minimum absolute atomic E-state index is 0.0378. The van der Waals surface area contributed by atoms with Gasteiger partial charge < -0.3 is 10.0 Å². The van der Waals surface area contributed by atoms with Crippen molar-refractivity contribution in [2.75, 3.05) is 32.7 Å². The molecule has 6 heteroatoms. The summed E-state index contributed by atoms with van der Waals surface area (Å²) in [4.78, 5) is 16.5. The largest absolute Gasteiger partial charge is 0.389 e. The van der Waals surface area contributed by atoms with Gasteiger partial charge in [0.15, 0.2) is 0 Å².